The molecular formula is C29H28F2N2O5. The second-order valence-electron chi connectivity index (χ2n) is 8.84. The predicted molar refractivity (Wildman–Crippen MR) is 137 cm³/mol. The molecule has 198 valence electrons. The number of benzene rings is 3. The molecule has 0 bridgehead atoms. The topological polar surface area (TPSA) is 84.9 Å². The number of halogens is 2. The molecule has 9 heteroatoms. The van der Waals surface area contributed by atoms with Crippen molar-refractivity contribution < 1.29 is 32.6 Å². The fraction of sp³-hybridized carbons (Fsp3) is 0.276. The molecule has 0 atom stereocenters. The van der Waals surface area contributed by atoms with Gasteiger partial charge in [-0.05, 0) is 67.6 Å². The Labute approximate surface area is 219 Å². The van der Waals surface area contributed by atoms with Crippen LogP contribution in [0.3, 0.4) is 0 Å². The van der Waals surface area contributed by atoms with E-state index in [1.807, 2.05) is 12.1 Å². The summed E-state index contributed by atoms with van der Waals surface area (Å²) in [5.41, 5.74) is 1.25. The van der Waals surface area contributed by atoms with Gasteiger partial charge in [0.15, 0.2) is 18.2 Å². The lowest BCUT2D eigenvalue weighted by molar-refractivity contribution is -0.118. The van der Waals surface area contributed by atoms with E-state index in [-0.39, 0.29) is 36.0 Å². The van der Waals surface area contributed by atoms with E-state index in [0.29, 0.717) is 31.6 Å². The summed E-state index contributed by atoms with van der Waals surface area (Å²) in [5.74, 6) is -2.85. The fourth-order valence-electron chi connectivity index (χ4n) is 4.39. The second kappa shape index (κ2) is 12.3. The van der Waals surface area contributed by atoms with Crippen LogP contribution < -0.4 is 10.1 Å². The van der Waals surface area contributed by atoms with Gasteiger partial charge in [0.05, 0.1) is 17.7 Å². The van der Waals surface area contributed by atoms with Crippen molar-refractivity contribution in [3.05, 3.63) is 95.1 Å². The summed E-state index contributed by atoms with van der Waals surface area (Å²) >= 11 is 0. The van der Waals surface area contributed by atoms with Crippen molar-refractivity contribution in [1.29, 1.82) is 0 Å². The molecule has 1 N–H and O–H groups in total. The first kappa shape index (κ1) is 26.8. The Morgan fingerprint density at radius 2 is 1.61 bits per heavy atom. The molecule has 0 aliphatic carbocycles. The summed E-state index contributed by atoms with van der Waals surface area (Å²) in [6.45, 7) is 2.31. The van der Waals surface area contributed by atoms with Gasteiger partial charge in [0.1, 0.15) is 5.82 Å². The van der Waals surface area contributed by atoms with Crippen molar-refractivity contribution in [1.82, 2.24) is 4.90 Å². The molecule has 0 saturated carbocycles. The van der Waals surface area contributed by atoms with Gasteiger partial charge in [-0.15, -0.1) is 0 Å². The van der Waals surface area contributed by atoms with Crippen molar-refractivity contribution in [2.24, 2.45) is 0 Å². The van der Waals surface area contributed by atoms with Crippen molar-refractivity contribution >= 4 is 23.5 Å². The zero-order valence-corrected chi connectivity index (χ0v) is 20.9. The number of hydrogen-bond donors (Lipinski definition) is 1. The van der Waals surface area contributed by atoms with Gasteiger partial charge in [0.2, 0.25) is 0 Å². The van der Waals surface area contributed by atoms with Crippen LogP contribution in [-0.4, -0.2) is 49.0 Å². The zero-order chi connectivity index (χ0) is 27.1. The molecule has 0 radical (unpaired) electrons. The maximum absolute atomic E-state index is 14.9. The Morgan fingerprint density at radius 3 is 2.29 bits per heavy atom. The van der Waals surface area contributed by atoms with E-state index in [9.17, 15) is 23.2 Å². The molecule has 38 heavy (non-hydrogen) atoms. The molecule has 1 aliphatic heterocycles. The van der Waals surface area contributed by atoms with Crippen LogP contribution >= 0.6 is 0 Å². The monoisotopic (exact) mass is 522 g/mol. The molecule has 7 nitrogen and oxygen atoms in total. The Balaban J connectivity index is 1.30. The summed E-state index contributed by atoms with van der Waals surface area (Å²) in [4.78, 5) is 38.7. The Bertz CT molecular complexity index is 1300. The van der Waals surface area contributed by atoms with E-state index < -0.39 is 29.4 Å². The predicted octanol–water partition coefficient (Wildman–Crippen LogP) is 5.18. The van der Waals surface area contributed by atoms with Gasteiger partial charge in [-0.3, -0.25) is 9.59 Å². The first-order valence-electron chi connectivity index (χ1n) is 12.4. The molecule has 1 heterocycles. The van der Waals surface area contributed by atoms with Gasteiger partial charge in [-0.2, -0.15) is 0 Å². The number of ether oxygens (including phenoxy) is 2. The van der Waals surface area contributed by atoms with Crippen molar-refractivity contribution in [2.45, 2.75) is 25.7 Å². The lowest BCUT2D eigenvalue weighted by Gasteiger charge is -2.32. The van der Waals surface area contributed by atoms with Crippen LogP contribution in [0.1, 0.15) is 52.0 Å². The van der Waals surface area contributed by atoms with E-state index in [0.717, 1.165) is 5.56 Å². The van der Waals surface area contributed by atoms with E-state index in [4.69, 9.17) is 9.47 Å². The maximum atomic E-state index is 14.9. The summed E-state index contributed by atoms with van der Waals surface area (Å²) < 4.78 is 38.6. The normalized spacial score (nSPS) is 13.6. The van der Waals surface area contributed by atoms with E-state index >= 15 is 0 Å². The van der Waals surface area contributed by atoms with Gasteiger partial charge in [0.25, 0.3) is 11.8 Å². The molecule has 1 saturated heterocycles. The third-order valence-corrected chi connectivity index (χ3v) is 6.37. The molecular weight excluding hydrogens is 494 g/mol. The lowest BCUT2D eigenvalue weighted by Crippen LogP contribution is -2.38. The highest BCUT2D eigenvalue weighted by Crippen LogP contribution is 2.30. The van der Waals surface area contributed by atoms with Crippen LogP contribution in [0.4, 0.5) is 14.5 Å². The molecule has 0 unspecified atom stereocenters. The number of esters is 1. The maximum Gasteiger partial charge on any atom is 0.341 e. The average Bonchev–Trinajstić information content (AvgIpc) is 2.93. The van der Waals surface area contributed by atoms with Crippen LogP contribution in [0.5, 0.6) is 5.75 Å². The molecule has 3 aromatic rings. The number of hydrogen-bond acceptors (Lipinski definition) is 5. The average molecular weight is 523 g/mol. The number of rotatable bonds is 8. The number of carbonyl (C=O) groups is 3. The smallest absolute Gasteiger partial charge is 0.341 e. The second-order valence-corrected chi connectivity index (χ2v) is 8.84. The number of likely N-dealkylation sites (tertiary alicyclic amines) is 1. The Morgan fingerprint density at radius 1 is 0.921 bits per heavy atom. The fourth-order valence-corrected chi connectivity index (χ4v) is 4.39. The van der Waals surface area contributed by atoms with Gasteiger partial charge in [-0.1, -0.05) is 30.3 Å². The third kappa shape index (κ3) is 6.34. The molecule has 0 spiro atoms. The summed E-state index contributed by atoms with van der Waals surface area (Å²) in [6.07, 6.45) is 1.38. The van der Waals surface area contributed by atoms with Crippen molar-refractivity contribution in [3.63, 3.8) is 0 Å². The minimum absolute atomic E-state index is 0.0114. The Hall–Kier alpha value is -4.27. The zero-order valence-electron chi connectivity index (χ0n) is 20.9. The largest absolute Gasteiger partial charge is 0.481 e. The summed E-state index contributed by atoms with van der Waals surface area (Å²) in [6, 6.07) is 17.4. The molecule has 3 aromatic carbocycles. The highest BCUT2D eigenvalue weighted by molar-refractivity contribution is 5.98. The van der Waals surface area contributed by atoms with Crippen LogP contribution in [-0.2, 0) is 9.53 Å². The first-order valence-corrected chi connectivity index (χ1v) is 12.4. The van der Waals surface area contributed by atoms with Crippen molar-refractivity contribution in [3.8, 4) is 5.75 Å². The van der Waals surface area contributed by atoms with Crippen molar-refractivity contribution in [2.75, 3.05) is 31.6 Å². The van der Waals surface area contributed by atoms with E-state index in [1.165, 1.54) is 36.4 Å². The number of para-hydroxylation sites is 1. The number of nitrogens with one attached hydrogen (secondary N) is 1. The number of anilines is 1. The first-order chi connectivity index (χ1) is 18.4. The molecule has 1 aliphatic rings. The number of carbonyl (C=O) groups excluding carboxylic acids is 3. The highest BCUT2D eigenvalue weighted by Gasteiger charge is 2.28. The van der Waals surface area contributed by atoms with Crippen LogP contribution in [0.25, 0.3) is 0 Å². The van der Waals surface area contributed by atoms with Gasteiger partial charge in [0, 0.05) is 18.8 Å². The summed E-state index contributed by atoms with van der Waals surface area (Å²) in [5, 5.41) is 2.72. The molecule has 1 fully saturated rings. The van der Waals surface area contributed by atoms with Crippen LogP contribution in [0, 0.1) is 11.6 Å². The molecule has 4 rings (SSSR count). The minimum Gasteiger partial charge on any atom is -0.481 e. The number of amides is 2. The van der Waals surface area contributed by atoms with E-state index in [2.05, 4.69) is 5.32 Å². The van der Waals surface area contributed by atoms with Gasteiger partial charge in [-0.25, -0.2) is 13.6 Å². The Kier molecular flexibility index (Phi) is 8.68. The number of piperidine rings is 1. The van der Waals surface area contributed by atoms with Gasteiger partial charge < -0.3 is 19.7 Å². The lowest BCUT2D eigenvalue weighted by atomic mass is 9.89. The highest BCUT2D eigenvalue weighted by atomic mass is 19.1. The third-order valence-electron chi connectivity index (χ3n) is 6.37. The SMILES string of the molecule is CCOC(=O)c1cccc(C(=O)N2CCC(c3ccc(NC(=O)COc4ccccc4F)cc3)CC2)c1F. The number of nitrogens with zero attached hydrogens (tertiary/aromatic N) is 1. The summed E-state index contributed by atoms with van der Waals surface area (Å²) in [7, 11) is 0. The quantitative estimate of drug-likeness (QED) is 0.412. The molecule has 0 aromatic heterocycles. The van der Waals surface area contributed by atoms with E-state index in [1.54, 1.807) is 30.0 Å². The minimum atomic E-state index is -0.866. The molecule has 2 amide bonds. The van der Waals surface area contributed by atoms with Crippen LogP contribution in [0.2, 0.25) is 0 Å². The van der Waals surface area contributed by atoms with Gasteiger partial charge >= 0.3 is 5.97 Å². The standard InChI is InChI=1S/C29H28F2N2O5/c1-2-37-29(36)23-7-5-6-22(27(23)31)28(35)33-16-14-20(15-17-33)19-10-12-21(13-11-19)32-26(34)18-38-25-9-4-3-8-24(25)30/h3-13,20H,2,14-18H2,1H3,(H,32,34). The van der Waals surface area contributed by atoms with Crippen LogP contribution in [0.15, 0.2) is 66.7 Å².